The Bertz CT molecular complexity index is 972. The van der Waals surface area contributed by atoms with Crippen molar-refractivity contribution in [2.75, 3.05) is 19.6 Å². The van der Waals surface area contributed by atoms with E-state index >= 15 is 0 Å². The summed E-state index contributed by atoms with van der Waals surface area (Å²) in [6.07, 6.45) is 5.99. The number of nitrogens with one attached hydrogen (secondary N) is 1. The highest BCUT2D eigenvalue weighted by atomic mass is 16.5. The number of likely N-dealkylation sites (tertiary alicyclic amines) is 1. The Morgan fingerprint density at radius 1 is 1.17 bits per heavy atom. The second-order valence-electron chi connectivity index (χ2n) is 9.17. The van der Waals surface area contributed by atoms with E-state index in [9.17, 15) is 9.59 Å². The van der Waals surface area contributed by atoms with Crippen LogP contribution in [0.2, 0.25) is 0 Å². The lowest BCUT2D eigenvalue weighted by Crippen LogP contribution is -2.33. The van der Waals surface area contributed by atoms with Gasteiger partial charge in [-0.15, -0.1) is 10.2 Å². The summed E-state index contributed by atoms with van der Waals surface area (Å²) >= 11 is 0. The third kappa shape index (κ3) is 3.40. The standard InChI is InChI=1S/C21H28N6O3/c1-13-17(14(2)30-25-13)20(29)26-9-7-21(12-26)6-5-16-23-24-18(27(16)10-8-21)19(28)22-11-15-3-4-15/h15H,3-12H2,1-2H3,(H,22,28)/t21-/m1/s1. The molecule has 3 aliphatic rings. The molecule has 1 spiro atoms. The molecule has 1 aliphatic carbocycles. The molecule has 2 fully saturated rings. The van der Waals surface area contributed by atoms with Gasteiger partial charge in [-0.1, -0.05) is 5.16 Å². The van der Waals surface area contributed by atoms with Gasteiger partial charge in [0.2, 0.25) is 5.82 Å². The van der Waals surface area contributed by atoms with Crippen LogP contribution in [-0.4, -0.2) is 56.3 Å². The van der Waals surface area contributed by atoms with Crippen LogP contribution < -0.4 is 5.32 Å². The van der Waals surface area contributed by atoms with Crippen molar-refractivity contribution in [2.45, 2.75) is 58.9 Å². The predicted molar refractivity (Wildman–Crippen MR) is 107 cm³/mol. The van der Waals surface area contributed by atoms with E-state index in [-0.39, 0.29) is 17.2 Å². The summed E-state index contributed by atoms with van der Waals surface area (Å²) in [6.45, 7) is 6.48. The largest absolute Gasteiger partial charge is 0.361 e. The summed E-state index contributed by atoms with van der Waals surface area (Å²) in [7, 11) is 0. The van der Waals surface area contributed by atoms with Gasteiger partial charge in [0.1, 0.15) is 17.1 Å². The molecule has 4 heterocycles. The lowest BCUT2D eigenvalue weighted by molar-refractivity contribution is 0.0764. The van der Waals surface area contributed by atoms with Crippen LogP contribution in [0.4, 0.5) is 0 Å². The van der Waals surface area contributed by atoms with Crippen molar-refractivity contribution < 1.29 is 14.1 Å². The summed E-state index contributed by atoms with van der Waals surface area (Å²) < 4.78 is 7.17. The summed E-state index contributed by atoms with van der Waals surface area (Å²) in [6, 6.07) is 0. The number of hydrogen-bond acceptors (Lipinski definition) is 6. The van der Waals surface area contributed by atoms with Gasteiger partial charge >= 0.3 is 0 Å². The van der Waals surface area contributed by atoms with E-state index in [4.69, 9.17) is 4.52 Å². The summed E-state index contributed by atoms with van der Waals surface area (Å²) in [5, 5.41) is 15.4. The molecule has 160 valence electrons. The fraction of sp³-hybridized carbons (Fsp3) is 0.667. The van der Waals surface area contributed by atoms with Gasteiger partial charge in [-0.2, -0.15) is 0 Å². The molecule has 9 heteroatoms. The Labute approximate surface area is 175 Å². The van der Waals surface area contributed by atoms with Crippen LogP contribution in [0, 0.1) is 25.2 Å². The molecule has 1 saturated heterocycles. The van der Waals surface area contributed by atoms with Gasteiger partial charge in [0.25, 0.3) is 11.8 Å². The Hall–Kier alpha value is -2.71. The van der Waals surface area contributed by atoms with Gasteiger partial charge in [0, 0.05) is 32.6 Å². The average Bonchev–Trinajstić information content (AvgIpc) is 3.24. The van der Waals surface area contributed by atoms with E-state index < -0.39 is 0 Å². The van der Waals surface area contributed by atoms with Gasteiger partial charge in [-0.3, -0.25) is 9.59 Å². The third-order valence-corrected chi connectivity index (χ3v) is 7.00. The summed E-state index contributed by atoms with van der Waals surface area (Å²) in [5.74, 6) is 2.38. The minimum absolute atomic E-state index is 0.00641. The predicted octanol–water partition coefficient (Wildman–Crippen LogP) is 1.89. The molecule has 1 saturated carbocycles. The summed E-state index contributed by atoms with van der Waals surface area (Å²) in [4.78, 5) is 27.6. The first-order valence-electron chi connectivity index (χ1n) is 10.9. The average molecular weight is 412 g/mol. The molecular weight excluding hydrogens is 384 g/mol. The quantitative estimate of drug-likeness (QED) is 0.822. The molecule has 2 amide bonds. The SMILES string of the molecule is Cc1noc(C)c1C(=O)N1CC[C@@]2(CCc3nnc(C(=O)NCC4CC4)n3CC2)C1. The van der Waals surface area contributed by atoms with Crippen LogP contribution in [0.5, 0.6) is 0 Å². The molecule has 5 rings (SSSR count). The number of aryl methyl sites for hydroxylation is 3. The van der Waals surface area contributed by atoms with Crippen LogP contribution in [0.25, 0.3) is 0 Å². The van der Waals surface area contributed by atoms with Crippen LogP contribution in [-0.2, 0) is 13.0 Å². The molecule has 0 bridgehead atoms. The van der Waals surface area contributed by atoms with Crippen molar-refractivity contribution in [1.82, 2.24) is 30.1 Å². The van der Waals surface area contributed by atoms with Crippen molar-refractivity contribution in [3.8, 4) is 0 Å². The van der Waals surface area contributed by atoms with E-state index in [0.29, 0.717) is 35.3 Å². The highest BCUT2D eigenvalue weighted by Crippen LogP contribution is 2.41. The van der Waals surface area contributed by atoms with E-state index in [2.05, 4.69) is 20.7 Å². The van der Waals surface area contributed by atoms with E-state index in [1.807, 2.05) is 16.4 Å². The van der Waals surface area contributed by atoms with Gasteiger partial charge < -0.3 is 19.3 Å². The maximum Gasteiger partial charge on any atom is 0.289 e. The van der Waals surface area contributed by atoms with Gasteiger partial charge in [0.15, 0.2) is 0 Å². The molecule has 2 aliphatic heterocycles. The third-order valence-electron chi connectivity index (χ3n) is 7.00. The first-order valence-corrected chi connectivity index (χ1v) is 10.9. The second-order valence-corrected chi connectivity index (χ2v) is 9.17. The van der Waals surface area contributed by atoms with Crippen molar-refractivity contribution >= 4 is 11.8 Å². The Balaban J connectivity index is 1.27. The molecule has 9 nitrogen and oxygen atoms in total. The highest BCUT2D eigenvalue weighted by Gasteiger charge is 2.42. The minimum atomic E-state index is -0.127. The van der Waals surface area contributed by atoms with Crippen molar-refractivity contribution in [3.63, 3.8) is 0 Å². The molecule has 0 unspecified atom stereocenters. The fourth-order valence-corrected chi connectivity index (χ4v) is 4.88. The van der Waals surface area contributed by atoms with Crippen LogP contribution in [0.1, 0.15) is 70.4 Å². The Morgan fingerprint density at radius 3 is 2.70 bits per heavy atom. The number of carbonyl (C=O) groups is 2. The topological polar surface area (TPSA) is 106 Å². The molecule has 0 aromatic carbocycles. The van der Waals surface area contributed by atoms with Gasteiger partial charge in [0.05, 0.1) is 5.69 Å². The maximum absolute atomic E-state index is 13.1. The molecule has 2 aromatic heterocycles. The molecule has 2 aromatic rings. The zero-order valence-electron chi connectivity index (χ0n) is 17.6. The van der Waals surface area contributed by atoms with Crippen molar-refractivity contribution in [1.29, 1.82) is 0 Å². The van der Waals surface area contributed by atoms with Crippen LogP contribution >= 0.6 is 0 Å². The zero-order valence-corrected chi connectivity index (χ0v) is 17.6. The van der Waals surface area contributed by atoms with E-state index in [1.165, 1.54) is 12.8 Å². The van der Waals surface area contributed by atoms with Gasteiger partial charge in [-0.25, -0.2) is 0 Å². The van der Waals surface area contributed by atoms with Crippen LogP contribution in [0.15, 0.2) is 4.52 Å². The number of fused-ring (bicyclic) bond motifs is 1. The Morgan fingerprint density at radius 2 is 1.97 bits per heavy atom. The normalized spacial score (nSPS) is 23.5. The van der Waals surface area contributed by atoms with Gasteiger partial charge in [-0.05, 0) is 57.3 Å². The molecule has 0 radical (unpaired) electrons. The molecule has 1 atom stereocenters. The number of amides is 2. The number of hydrogen-bond donors (Lipinski definition) is 1. The first kappa shape index (κ1) is 19.3. The van der Waals surface area contributed by atoms with Crippen molar-refractivity contribution in [2.24, 2.45) is 11.3 Å². The second kappa shape index (κ2) is 7.21. The molecular formula is C21H28N6O3. The van der Waals surface area contributed by atoms with Crippen molar-refractivity contribution in [3.05, 3.63) is 28.7 Å². The maximum atomic E-state index is 13.1. The monoisotopic (exact) mass is 412 g/mol. The minimum Gasteiger partial charge on any atom is -0.361 e. The smallest absolute Gasteiger partial charge is 0.289 e. The van der Waals surface area contributed by atoms with E-state index in [1.54, 1.807) is 6.92 Å². The lowest BCUT2D eigenvalue weighted by Gasteiger charge is -2.27. The lowest BCUT2D eigenvalue weighted by atomic mass is 9.80. The first-order chi connectivity index (χ1) is 14.5. The fourth-order valence-electron chi connectivity index (χ4n) is 4.88. The summed E-state index contributed by atoms with van der Waals surface area (Å²) in [5.41, 5.74) is 1.29. The molecule has 30 heavy (non-hydrogen) atoms. The number of rotatable bonds is 4. The Kier molecular flexibility index (Phi) is 4.63. The number of nitrogens with zero attached hydrogens (tertiary/aromatic N) is 5. The zero-order chi connectivity index (χ0) is 20.9. The van der Waals surface area contributed by atoms with Crippen LogP contribution in [0.3, 0.4) is 0 Å². The highest BCUT2D eigenvalue weighted by molar-refractivity contribution is 5.96. The number of carbonyl (C=O) groups excluding carboxylic acids is 2. The number of aromatic nitrogens is 4. The van der Waals surface area contributed by atoms with E-state index in [0.717, 1.165) is 51.1 Å². The molecule has 1 N–H and O–H groups in total.